The first-order valence-electron chi connectivity index (χ1n) is 8.72. The second-order valence-electron chi connectivity index (χ2n) is 6.19. The highest BCUT2D eigenvalue weighted by Crippen LogP contribution is 2.32. The molecule has 0 saturated carbocycles. The highest BCUT2D eigenvalue weighted by molar-refractivity contribution is 9.10. The maximum absolute atomic E-state index is 12.6. The van der Waals surface area contributed by atoms with Gasteiger partial charge < -0.3 is 5.11 Å². The first-order valence-corrected chi connectivity index (χ1v) is 10.7. The summed E-state index contributed by atoms with van der Waals surface area (Å²) in [5.74, 6) is -1.21. The summed E-state index contributed by atoms with van der Waals surface area (Å²) in [6.07, 6.45) is 1.72. The van der Waals surface area contributed by atoms with E-state index in [1.54, 1.807) is 6.08 Å². The van der Waals surface area contributed by atoms with Gasteiger partial charge in [-0.05, 0) is 48.0 Å². The molecule has 30 heavy (non-hydrogen) atoms. The van der Waals surface area contributed by atoms with Gasteiger partial charge in [0, 0.05) is 23.0 Å². The molecule has 1 aliphatic heterocycles. The van der Waals surface area contributed by atoms with E-state index in [2.05, 4.69) is 26.8 Å². The van der Waals surface area contributed by atoms with E-state index in [0.717, 1.165) is 10.0 Å². The molecule has 0 spiro atoms. The van der Waals surface area contributed by atoms with Crippen LogP contribution >= 0.6 is 39.9 Å². The summed E-state index contributed by atoms with van der Waals surface area (Å²) in [6, 6.07) is 13.1. The summed E-state index contributed by atoms with van der Waals surface area (Å²) in [4.78, 5) is 38.5. The number of thioether (sulfide) groups is 1. The summed E-state index contributed by atoms with van der Waals surface area (Å²) in [7, 11) is 0. The van der Waals surface area contributed by atoms with Crippen LogP contribution in [0.25, 0.3) is 6.08 Å². The van der Waals surface area contributed by atoms with Crippen molar-refractivity contribution in [3.8, 4) is 5.75 Å². The zero-order valence-corrected chi connectivity index (χ0v) is 18.6. The normalized spacial score (nSPS) is 14.8. The number of thiocarbonyl (C=S) groups is 1. The number of phenols is 1. The van der Waals surface area contributed by atoms with E-state index >= 15 is 0 Å². The zero-order chi connectivity index (χ0) is 21.7. The van der Waals surface area contributed by atoms with Crippen molar-refractivity contribution in [3.05, 3.63) is 69.0 Å². The van der Waals surface area contributed by atoms with E-state index < -0.39 is 11.8 Å². The SMILES string of the molecule is O=C(CCN1C(=O)/C(=C/c2cccc(Br)c2)SC1=S)NNC(=O)c1ccc(O)cc1. The first-order chi connectivity index (χ1) is 14.3. The number of phenolic OH excluding ortho intramolecular Hbond substituents is 1. The summed E-state index contributed by atoms with van der Waals surface area (Å²) >= 11 is 9.84. The Hall–Kier alpha value is -2.69. The minimum Gasteiger partial charge on any atom is -0.508 e. The van der Waals surface area contributed by atoms with E-state index in [0.29, 0.717) is 9.23 Å². The number of hydrazine groups is 1. The van der Waals surface area contributed by atoms with Gasteiger partial charge in [0.05, 0.1) is 4.91 Å². The fraction of sp³-hybridized carbons (Fsp3) is 0.100. The first kappa shape index (κ1) is 22.0. The van der Waals surface area contributed by atoms with Crippen molar-refractivity contribution in [2.75, 3.05) is 6.54 Å². The topological polar surface area (TPSA) is 98.7 Å². The second kappa shape index (κ2) is 9.88. The van der Waals surface area contributed by atoms with E-state index in [-0.39, 0.29) is 30.2 Å². The molecule has 0 unspecified atom stereocenters. The van der Waals surface area contributed by atoms with Gasteiger partial charge in [-0.3, -0.25) is 30.1 Å². The average molecular weight is 506 g/mol. The highest BCUT2D eigenvalue weighted by atomic mass is 79.9. The molecule has 0 aromatic heterocycles. The van der Waals surface area contributed by atoms with Crippen LogP contribution in [0, 0.1) is 0 Å². The minimum absolute atomic E-state index is 0.0352. The number of benzene rings is 2. The van der Waals surface area contributed by atoms with Gasteiger partial charge in [0.25, 0.3) is 11.8 Å². The predicted molar refractivity (Wildman–Crippen MR) is 122 cm³/mol. The van der Waals surface area contributed by atoms with Gasteiger partial charge in [-0.25, -0.2) is 0 Å². The molecule has 3 rings (SSSR count). The fourth-order valence-electron chi connectivity index (χ4n) is 2.53. The lowest BCUT2D eigenvalue weighted by atomic mass is 10.2. The van der Waals surface area contributed by atoms with Gasteiger partial charge in [-0.15, -0.1) is 0 Å². The van der Waals surface area contributed by atoms with Crippen LogP contribution in [0.2, 0.25) is 0 Å². The number of amides is 3. The number of halogens is 1. The molecular weight excluding hydrogens is 490 g/mol. The molecule has 3 N–H and O–H groups in total. The molecule has 154 valence electrons. The fourth-order valence-corrected chi connectivity index (χ4v) is 4.25. The van der Waals surface area contributed by atoms with Crippen molar-refractivity contribution in [1.82, 2.24) is 15.8 Å². The average Bonchev–Trinajstić information content (AvgIpc) is 2.97. The summed E-state index contributed by atoms with van der Waals surface area (Å²) in [5.41, 5.74) is 5.72. The van der Waals surface area contributed by atoms with Gasteiger partial charge in [0.1, 0.15) is 10.1 Å². The number of carbonyl (C=O) groups is 3. The van der Waals surface area contributed by atoms with Crippen LogP contribution in [0.5, 0.6) is 5.75 Å². The number of hydrogen-bond donors (Lipinski definition) is 3. The van der Waals surface area contributed by atoms with E-state index in [1.165, 1.54) is 40.9 Å². The number of nitrogens with zero attached hydrogens (tertiary/aromatic N) is 1. The number of carbonyl (C=O) groups excluding carboxylic acids is 3. The van der Waals surface area contributed by atoms with Gasteiger partial charge in [0.2, 0.25) is 5.91 Å². The van der Waals surface area contributed by atoms with Crippen LogP contribution in [-0.2, 0) is 9.59 Å². The van der Waals surface area contributed by atoms with Crippen molar-refractivity contribution in [1.29, 1.82) is 0 Å². The second-order valence-corrected chi connectivity index (χ2v) is 8.78. The maximum atomic E-state index is 12.6. The lowest BCUT2D eigenvalue weighted by molar-refractivity contribution is -0.124. The third-order valence-electron chi connectivity index (χ3n) is 4.03. The maximum Gasteiger partial charge on any atom is 0.269 e. The van der Waals surface area contributed by atoms with Crippen molar-refractivity contribution >= 4 is 68.0 Å². The van der Waals surface area contributed by atoms with Gasteiger partial charge >= 0.3 is 0 Å². The van der Waals surface area contributed by atoms with Crippen LogP contribution < -0.4 is 10.9 Å². The Morgan fingerprint density at radius 1 is 1.17 bits per heavy atom. The quantitative estimate of drug-likeness (QED) is 0.327. The molecule has 0 aliphatic carbocycles. The van der Waals surface area contributed by atoms with Gasteiger partial charge in [-0.2, -0.15) is 0 Å². The predicted octanol–water partition coefficient (Wildman–Crippen LogP) is 3.21. The number of hydrogen-bond acceptors (Lipinski definition) is 6. The molecule has 2 aromatic carbocycles. The molecule has 10 heteroatoms. The lowest BCUT2D eigenvalue weighted by Gasteiger charge is -2.14. The largest absolute Gasteiger partial charge is 0.508 e. The summed E-state index contributed by atoms with van der Waals surface area (Å²) < 4.78 is 1.28. The molecule has 7 nitrogen and oxygen atoms in total. The zero-order valence-electron chi connectivity index (χ0n) is 15.4. The molecule has 1 fully saturated rings. The third-order valence-corrected chi connectivity index (χ3v) is 5.90. The van der Waals surface area contributed by atoms with Crippen molar-refractivity contribution in [2.45, 2.75) is 6.42 Å². The van der Waals surface area contributed by atoms with Gasteiger partial charge in [-0.1, -0.05) is 52.0 Å². The Kier molecular flexibility index (Phi) is 7.24. The summed E-state index contributed by atoms with van der Waals surface area (Å²) in [6.45, 7) is 0.0986. The number of nitrogens with one attached hydrogen (secondary N) is 2. The molecular formula is C20H16BrN3O4S2. The van der Waals surface area contributed by atoms with Crippen molar-refractivity contribution in [3.63, 3.8) is 0 Å². The smallest absolute Gasteiger partial charge is 0.269 e. The van der Waals surface area contributed by atoms with E-state index in [4.69, 9.17) is 12.2 Å². The Bertz CT molecular complexity index is 1040. The van der Waals surface area contributed by atoms with E-state index in [9.17, 15) is 19.5 Å². The molecule has 2 aromatic rings. The van der Waals surface area contributed by atoms with Crippen LogP contribution in [0.4, 0.5) is 0 Å². The molecule has 3 amide bonds. The highest BCUT2D eigenvalue weighted by Gasteiger charge is 2.32. The Balaban J connectivity index is 1.52. The van der Waals surface area contributed by atoms with Crippen molar-refractivity contribution in [2.24, 2.45) is 0 Å². The van der Waals surface area contributed by atoms with Crippen molar-refractivity contribution < 1.29 is 19.5 Å². The molecule has 0 radical (unpaired) electrons. The summed E-state index contributed by atoms with van der Waals surface area (Å²) in [5, 5.41) is 9.23. The van der Waals surface area contributed by atoms with Crippen LogP contribution in [-0.4, -0.2) is 38.6 Å². The third kappa shape index (κ3) is 5.68. The van der Waals surface area contributed by atoms with E-state index in [1.807, 2.05) is 24.3 Å². The monoisotopic (exact) mass is 505 g/mol. The molecule has 0 atom stereocenters. The molecule has 1 saturated heterocycles. The molecule has 1 heterocycles. The number of rotatable bonds is 5. The Morgan fingerprint density at radius 3 is 2.60 bits per heavy atom. The van der Waals surface area contributed by atoms with Crippen LogP contribution in [0.15, 0.2) is 57.9 Å². The van der Waals surface area contributed by atoms with Crippen LogP contribution in [0.3, 0.4) is 0 Å². The standard InChI is InChI=1S/C20H16BrN3O4S2/c21-14-3-1-2-12(10-14)11-16-19(28)24(20(29)30-16)9-8-17(26)22-23-18(27)13-4-6-15(25)7-5-13/h1-7,10-11,25H,8-9H2,(H,22,26)(H,23,27)/b16-11-. The van der Waals surface area contributed by atoms with Crippen LogP contribution in [0.1, 0.15) is 22.3 Å². The Labute approximate surface area is 190 Å². The Morgan fingerprint density at radius 2 is 1.90 bits per heavy atom. The van der Waals surface area contributed by atoms with Gasteiger partial charge in [0.15, 0.2) is 0 Å². The molecule has 1 aliphatic rings. The minimum atomic E-state index is -0.522. The number of aromatic hydroxyl groups is 1. The molecule has 0 bridgehead atoms. The lowest BCUT2D eigenvalue weighted by Crippen LogP contribution is -2.43.